The minimum absolute atomic E-state index is 0.0737. The van der Waals surface area contributed by atoms with Gasteiger partial charge in [0.1, 0.15) is 0 Å². The summed E-state index contributed by atoms with van der Waals surface area (Å²) in [5.41, 5.74) is 0.686. The molecule has 0 aliphatic carbocycles. The van der Waals surface area contributed by atoms with E-state index in [0.717, 1.165) is 12.8 Å². The molecule has 98 valence electrons. The van der Waals surface area contributed by atoms with Crippen LogP contribution in [0.3, 0.4) is 0 Å². The second-order valence-corrected chi connectivity index (χ2v) is 4.70. The molecule has 0 saturated heterocycles. The van der Waals surface area contributed by atoms with Crippen molar-refractivity contribution in [1.29, 1.82) is 0 Å². The average molecular weight is 249 g/mol. The number of ketones is 1. The number of carbonyl (C=O) groups excluding carboxylic acids is 1. The van der Waals surface area contributed by atoms with E-state index in [4.69, 9.17) is 9.47 Å². The van der Waals surface area contributed by atoms with Gasteiger partial charge in [0.25, 0.3) is 0 Å². The van der Waals surface area contributed by atoms with E-state index in [0.29, 0.717) is 17.1 Å². The lowest BCUT2D eigenvalue weighted by Crippen LogP contribution is -2.35. The summed E-state index contributed by atoms with van der Waals surface area (Å²) < 4.78 is 10.5. The van der Waals surface area contributed by atoms with Crippen molar-refractivity contribution in [2.45, 2.75) is 25.8 Å². The van der Waals surface area contributed by atoms with Gasteiger partial charge in [-0.15, -0.1) is 0 Å². The van der Waals surface area contributed by atoms with E-state index in [1.165, 1.54) is 0 Å². The van der Waals surface area contributed by atoms with Crippen LogP contribution in [-0.4, -0.2) is 37.6 Å². The van der Waals surface area contributed by atoms with Crippen molar-refractivity contribution in [1.82, 2.24) is 4.90 Å². The van der Waals surface area contributed by atoms with E-state index in [2.05, 4.69) is 6.92 Å². The van der Waals surface area contributed by atoms with Crippen LogP contribution < -0.4 is 9.47 Å². The third-order valence-corrected chi connectivity index (χ3v) is 3.15. The molecule has 1 aliphatic rings. The normalized spacial score (nSPS) is 14.9. The number of likely N-dealkylation sites (N-methyl/N-ethyl adjacent to an activating group) is 1. The van der Waals surface area contributed by atoms with Crippen LogP contribution in [0.4, 0.5) is 0 Å². The fraction of sp³-hybridized carbons (Fsp3) is 0.500. The van der Waals surface area contributed by atoms with Crippen molar-refractivity contribution in [2.75, 3.05) is 20.9 Å². The molecule has 0 radical (unpaired) electrons. The summed E-state index contributed by atoms with van der Waals surface area (Å²) >= 11 is 0. The van der Waals surface area contributed by atoms with Gasteiger partial charge in [0, 0.05) is 5.56 Å². The fourth-order valence-electron chi connectivity index (χ4n) is 2.14. The van der Waals surface area contributed by atoms with Gasteiger partial charge in [-0.2, -0.15) is 0 Å². The number of rotatable bonds is 5. The third-order valence-electron chi connectivity index (χ3n) is 3.15. The highest BCUT2D eigenvalue weighted by Crippen LogP contribution is 2.33. The maximum atomic E-state index is 12.4. The van der Waals surface area contributed by atoms with Crippen molar-refractivity contribution >= 4 is 5.78 Å². The van der Waals surface area contributed by atoms with Crippen molar-refractivity contribution in [2.24, 2.45) is 0 Å². The Balaban J connectivity index is 2.22. The highest BCUT2D eigenvalue weighted by molar-refractivity contribution is 6.00. The Labute approximate surface area is 107 Å². The predicted octanol–water partition coefficient (Wildman–Crippen LogP) is 2.33. The molecule has 1 heterocycles. The quantitative estimate of drug-likeness (QED) is 0.751. The monoisotopic (exact) mass is 249 g/mol. The molecule has 2 rings (SSSR count). The first kappa shape index (κ1) is 12.9. The van der Waals surface area contributed by atoms with E-state index in [1.807, 2.05) is 25.1 Å². The Morgan fingerprint density at radius 1 is 1.33 bits per heavy atom. The number of ether oxygens (including phenoxy) is 2. The lowest BCUT2D eigenvalue weighted by molar-refractivity contribution is 0.0865. The van der Waals surface area contributed by atoms with Crippen LogP contribution in [0.2, 0.25) is 0 Å². The summed E-state index contributed by atoms with van der Waals surface area (Å²) in [6, 6.07) is 5.31. The van der Waals surface area contributed by atoms with Gasteiger partial charge in [-0.3, -0.25) is 9.69 Å². The molecule has 1 aliphatic heterocycles. The summed E-state index contributed by atoms with van der Waals surface area (Å²) in [4.78, 5) is 14.4. The van der Waals surface area contributed by atoms with Crippen molar-refractivity contribution in [3.8, 4) is 11.5 Å². The lowest BCUT2D eigenvalue weighted by atomic mass is 9.99. The molecule has 0 amide bonds. The second kappa shape index (κ2) is 5.40. The molecule has 0 bridgehead atoms. The number of hydrogen-bond donors (Lipinski definition) is 0. The van der Waals surface area contributed by atoms with Gasteiger partial charge in [-0.05, 0) is 38.7 Å². The summed E-state index contributed by atoms with van der Waals surface area (Å²) in [5, 5.41) is 0. The Morgan fingerprint density at radius 2 is 2.06 bits per heavy atom. The first-order chi connectivity index (χ1) is 8.63. The average Bonchev–Trinajstić information content (AvgIpc) is 2.81. The number of hydrogen-bond acceptors (Lipinski definition) is 4. The van der Waals surface area contributed by atoms with E-state index < -0.39 is 0 Å². The van der Waals surface area contributed by atoms with Crippen molar-refractivity contribution in [3.05, 3.63) is 23.8 Å². The van der Waals surface area contributed by atoms with Gasteiger partial charge in [-0.1, -0.05) is 13.3 Å². The van der Waals surface area contributed by atoms with E-state index in [1.54, 1.807) is 12.1 Å². The van der Waals surface area contributed by atoms with E-state index >= 15 is 0 Å². The van der Waals surface area contributed by atoms with Crippen LogP contribution in [0.25, 0.3) is 0 Å². The highest BCUT2D eigenvalue weighted by atomic mass is 16.7. The zero-order chi connectivity index (χ0) is 13.1. The zero-order valence-corrected chi connectivity index (χ0v) is 11.1. The number of fused-ring (bicyclic) bond motifs is 1. The zero-order valence-electron chi connectivity index (χ0n) is 11.1. The molecule has 0 fully saturated rings. The second-order valence-electron chi connectivity index (χ2n) is 4.70. The largest absolute Gasteiger partial charge is 0.454 e. The van der Waals surface area contributed by atoms with Crippen LogP contribution in [0, 0.1) is 0 Å². The topological polar surface area (TPSA) is 38.8 Å². The van der Waals surface area contributed by atoms with E-state index in [-0.39, 0.29) is 18.6 Å². The molecule has 4 heteroatoms. The number of Topliss-reactive ketones (excluding diaryl/α,β-unsaturated/α-hetero) is 1. The third kappa shape index (κ3) is 2.48. The van der Waals surface area contributed by atoms with Crippen molar-refractivity contribution in [3.63, 3.8) is 0 Å². The van der Waals surface area contributed by atoms with E-state index in [9.17, 15) is 4.79 Å². The Morgan fingerprint density at radius 3 is 2.72 bits per heavy atom. The van der Waals surface area contributed by atoms with Crippen LogP contribution >= 0.6 is 0 Å². The molecule has 0 unspecified atom stereocenters. The SMILES string of the molecule is CCC[C@@H](C(=O)c1ccc2c(c1)OCO2)N(C)C. The standard InChI is InChI=1S/C14H19NO3/c1-4-5-11(15(2)3)14(16)10-6-7-12-13(8-10)18-9-17-12/h6-8,11H,4-5,9H2,1-3H3/t11-/m0/s1. The molecule has 1 aromatic rings. The maximum absolute atomic E-state index is 12.4. The first-order valence-electron chi connectivity index (χ1n) is 6.23. The molecule has 1 aromatic carbocycles. The molecular weight excluding hydrogens is 230 g/mol. The summed E-state index contributed by atoms with van der Waals surface area (Å²) in [7, 11) is 3.87. The highest BCUT2D eigenvalue weighted by Gasteiger charge is 2.23. The molecule has 0 spiro atoms. The van der Waals surface area contributed by atoms with Gasteiger partial charge in [-0.25, -0.2) is 0 Å². The molecule has 18 heavy (non-hydrogen) atoms. The Kier molecular flexibility index (Phi) is 3.87. The van der Waals surface area contributed by atoms with Gasteiger partial charge in [0.15, 0.2) is 17.3 Å². The molecule has 0 saturated carbocycles. The van der Waals surface area contributed by atoms with Gasteiger partial charge in [0.2, 0.25) is 6.79 Å². The minimum Gasteiger partial charge on any atom is -0.454 e. The van der Waals surface area contributed by atoms with Gasteiger partial charge in [0.05, 0.1) is 6.04 Å². The van der Waals surface area contributed by atoms with Crippen LogP contribution in [0.5, 0.6) is 11.5 Å². The smallest absolute Gasteiger partial charge is 0.231 e. The molecule has 0 aromatic heterocycles. The summed E-state index contributed by atoms with van der Waals surface area (Å²) in [6.07, 6.45) is 1.85. The fourth-order valence-corrected chi connectivity index (χ4v) is 2.14. The van der Waals surface area contributed by atoms with Crippen molar-refractivity contribution < 1.29 is 14.3 Å². The number of nitrogens with zero attached hydrogens (tertiary/aromatic N) is 1. The number of carbonyl (C=O) groups is 1. The molecule has 4 nitrogen and oxygen atoms in total. The minimum atomic E-state index is -0.0737. The summed E-state index contributed by atoms with van der Waals surface area (Å²) in [6.45, 7) is 2.32. The van der Waals surface area contributed by atoms with Crippen LogP contribution in [0.1, 0.15) is 30.1 Å². The molecule has 0 N–H and O–H groups in total. The van der Waals surface area contributed by atoms with Crippen LogP contribution in [0.15, 0.2) is 18.2 Å². The predicted molar refractivity (Wildman–Crippen MR) is 69.3 cm³/mol. The van der Waals surface area contributed by atoms with Gasteiger partial charge >= 0.3 is 0 Å². The maximum Gasteiger partial charge on any atom is 0.231 e. The Bertz CT molecular complexity index is 443. The molecular formula is C14H19NO3. The Hall–Kier alpha value is -1.55. The first-order valence-corrected chi connectivity index (χ1v) is 6.23. The molecule has 1 atom stereocenters. The number of benzene rings is 1. The summed E-state index contributed by atoms with van der Waals surface area (Å²) in [5.74, 6) is 1.51. The van der Waals surface area contributed by atoms with Gasteiger partial charge < -0.3 is 9.47 Å². The van der Waals surface area contributed by atoms with Crippen LogP contribution in [-0.2, 0) is 0 Å². The lowest BCUT2D eigenvalue weighted by Gasteiger charge is -2.22.